The molecular formula is C10H17NO6P+. The number of hydrogen-bond donors (Lipinski definition) is 5. The molecule has 0 aliphatic heterocycles. The Morgan fingerprint density at radius 2 is 1.72 bits per heavy atom. The summed E-state index contributed by atoms with van der Waals surface area (Å²) < 4.78 is 8.70. The van der Waals surface area contributed by atoms with Gasteiger partial charge in [-0.05, 0) is 31.8 Å². The monoisotopic (exact) mass is 278 g/mol. The van der Waals surface area contributed by atoms with Gasteiger partial charge in [0.15, 0.2) is 11.5 Å². The summed E-state index contributed by atoms with van der Waals surface area (Å²) in [6.07, 6.45) is -0.656. The van der Waals surface area contributed by atoms with E-state index in [0.717, 1.165) is 0 Å². The Balaban J connectivity index is 0.000000631. The predicted molar refractivity (Wildman–Crippen MR) is 65.3 cm³/mol. The van der Waals surface area contributed by atoms with E-state index in [1.54, 1.807) is 6.07 Å². The van der Waals surface area contributed by atoms with Crippen LogP contribution in [0.4, 0.5) is 0 Å². The molecule has 1 aromatic rings. The van der Waals surface area contributed by atoms with Crippen molar-refractivity contribution in [1.29, 1.82) is 0 Å². The van der Waals surface area contributed by atoms with Crippen LogP contribution in [0.15, 0.2) is 18.2 Å². The van der Waals surface area contributed by atoms with Crippen LogP contribution in [0.5, 0.6) is 11.5 Å². The van der Waals surface area contributed by atoms with Crippen molar-refractivity contribution in [2.75, 3.05) is 20.6 Å². The number of hydrogen-bond acceptors (Lipinski definition) is 5. The summed E-state index contributed by atoms with van der Waals surface area (Å²) in [5, 5.41) is 27.9. The number of benzene rings is 1. The molecule has 0 saturated carbocycles. The highest BCUT2D eigenvalue weighted by Crippen LogP contribution is 2.27. The van der Waals surface area contributed by atoms with Gasteiger partial charge in [0.1, 0.15) is 0 Å². The van der Waals surface area contributed by atoms with Crippen molar-refractivity contribution in [3.63, 3.8) is 0 Å². The zero-order valence-corrected chi connectivity index (χ0v) is 10.9. The number of aliphatic hydroxyl groups is 1. The summed E-state index contributed by atoms with van der Waals surface area (Å²) in [6.45, 7) is 0.476. The average molecular weight is 278 g/mol. The van der Waals surface area contributed by atoms with Gasteiger partial charge in [-0.15, -0.1) is 9.79 Å². The quantitative estimate of drug-likeness (QED) is 0.398. The third-order valence-electron chi connectivity index (χ3n) is 1.92. The van der Waals surface area contributed by atoms with Crippen molar-refractivity contribution in [3.05, 3.63) is 23.8 Å². The minimum Gasteiger partial charge on any atom is -0.504 e. The number of rotatable bonds is 3. The van der Waals surface area contributed by atoms with Crippen molar-refractivity contribution in [1.82, 2.24) is 4.90 Å². The van der Waals surface area contributed by atoms with E-state index in [0.29, 0.717) is 12.1 Å². The van der Waals surface area contributed by atoms with E-state index in [2.05, 4.69) is 0 Å². The maximum atomic E-state index is 9.67. The number of phenols is 2. The molecule has 5 N–H and O–H groups in total. The molecule has 0 aliphatic carbocycles. The molecule has 1 atom stereocenters. The molecule has 0 spiro atoms. The number of aliphatic hydroxyl groups excluding tert-OH is 1. The van der Waals surface area contributed by atoms with Crippen LogP contribution in [0.2, 0.25) is 0 Å². The lowest BCUT2D eigenvalue weighted by Crippen LogP contribution is -2.19. The van der Waals surface area contributed by atoms with E-state index >= 15 is 0 Å². The summed E-state index contributed by atoms with van der Waals surface area (Å²) in [7, 11) is 0.831. The Kier molecular flexibility index (Phi) is 7.42. The highest BCUT2D eigenvalue weighted by atomic mass is 31.1. The summed E-state index contributed by atoms with van der Waals surface area (Å²) in [5.41, 5.74) is 0.592. The normalized spacial score (nSPS) is 11.7. The third kappa shape index (κ3) is 7.16. The van der Waals surface area contributed by atoms with Crippen molar-refractivity contribution in [2.24, 2.45) is 0 Å². The van der Waals surface area contributed by atoms with Crippen LogP contribution in [0.25, 0.3) is 0 Å². The van der Waals surface area contributed by atoms with E-state index in [-0.39, 0.29) is 11.5 Å². The maximum Gasteiger partial charge on any atom is 0.692 e. The molecule has 8 heteroatoms. The van der Waals surface area contributed by atoms with Crippen LogP contribution < -0.4 is 0 Å². The molecule has 7 nitrogen and oxygen atoms in total. The summed E-state index contributed by atoms with van der Waals surface area (Å²) >= 11 is 0. The summed E-state index contributed by atoms with van der Waals surface area (Å²) in [6, 6.07) is 4.32. The fraction of sp³-hybridized carbons (Fsp3) is 0.400. The molecule has 18 heavy (non-hydrogen) atoms. The van der Waals surface area contributed by atoms with Gasteiger partial charge in [-0.2, -0.15) is 0 Å². The van der Waals surface area contributed by atoms with Gasteiger partial charge in [0.2, 0.25) is 0 Å². The molecule has 0 amide bonds. The Hall–Kier alpha value is -1.24. The number of phenolic OH excluding ortho intramolecular Hbond substituents is 2. The lowest BCUT2D eigenvalue weighted by Gasteiger charge is -2.16. The van der Waals surface area contributed by atoms with Crippen LogP contribution in [0, 0.1) is 0 Å². The lowest BCUT2D eigenvalue weighted by atomic mass is 10.1. The minimum atomic E-state index is -2.87. The molecule has 102 valence electrons. The maximum absolute atomic E-state index is 9.67. The molecule has 0 bridgehead atoms. The minimum absolute atomic E-state index is 0.175. The Morgan fingerprint density at radius 3 is 2.11 bits per heavy atom. The standard InChI is InChI=1S/C10H15NO3.HO3P/c1-11(2)6-10(14)7-3-4-8(12)9(13)5-7;1-4(2)3/h3-5,10,12-14H,6H2,1-2H3;(H-,1,2,3)/p+1/t10-;/m0./s1. The van der Waals surface area contributed by atoms with Gasteiger partial charge in [0.05, 0.1) is 6.10 Å². The average Bonchev–Trinajstić information content (AvgIpc) is 2.20. The molecule has 0 saturated heterocycles. The zero-order valence-electron chi connectivity index (χ0n) is 10.1. The molecular weight excluding hydrogens is 261 g/mol. The van der Waals surface area contributed by atoms with Gasteiger partial charge >= 0.3 is 8.25 Å². The molecule has 0 unspecified atom stereocenters. The first-order chi connectivity index (χ1) is 8.23. The third-order valence-corrected chi connectivity index (χ3v) is 1.92. The first-order valence-corrected chi connectivity index (χ1v) is 6.10. The van der Waals surface area contributed by atoms with Crippen LogP contribution in [-0.2, 0) is 4.57 Å². The van der Waals surface area contributed by atoms with Gasteiger partial charge in [0.25, 0.3) is 0 Å². The van der Waals surface area contributed by atoms with Gasteiger partial charge in [-0.25, -0.2) is 0 Å². The van der Waals surface area contributed by atoms with Crippen molar-refractivity contribution < 1.29 is 29.7 Å². The molecule has 0 aromatic heterocycles. The van der Waals surface area contributed by atoms with E-state index in [4.69, 9.17) is 19.5 Å². The molecule has 0 fully saturated rings. The second kappa shape index (κ2) is 7.97. The highest BCUT2D eigenvalue weighted by molar-refractivity contribution is 7.30. The van der Waals surface area contributed by atoms with E-state index in [9.17, 15) is 10.2 Å². The predicted octanol–water partition coefficient (Wildman–Crippen LogP) is 0.321. The Morgan fingerprint density at radius 1 is 1.22 bits per heavy atom. The van der Waals surface area contributed by atoms with Gasteiger partial charge < -0.3 is 20.2 Å². The van der Waals surface area contributed by atoms with Crippen LogP contribution in [0.3, 0.4) is 0 Å². The highest BCUT2D eigenvalue weighted by Gasteiger charge is 2.10. The summed E-state index contributed by atoms with van der Waals surface area (Å²) in [5.74, 6) is -0.383. The molecule has 1 aromatic carbocycles. The second-order valence-corrected chi connectivity index (χ2v) is 4.28. The topological polar surface area (TPSA) is 121 Å². The number of likely N-dealkylation sites (N-methyl/N-ethyl adjacent to an activating group) is 1. The smallest absolute Gasteiger partial charge is 0.504 e. The molecule has 0 heterocycles. The van der Waals surface area contributed by atoms with Gasteiger partial charge in [0, 0.05) is 11.1 Å². The Labute approximate surface area is 106 Å². The molecule has 1 rings (SSSR count). The van der Waals surface area contributed by atoms with Crippen LogP contribution in [-0.4, -0.2) is 50.6 Å². The fourth-order valence-corrected chi connectivity index (χ4v) is 1.20. The largest absolute Gasteiger partial charge is 0.692 e. The van der Waals surface area contributed by atoms with E-state index < -0.39 is 14.4 Å². The Bertz CT molecular complexity index is 394. The molecule has 0 aliphatic rings. The first-order valence-electron chi connectivity index (χ1n) is 4.93. The number of aromatic hydroxyl groups is 2. The van der Waals surface area contributed by atoms with Crippen LogP contribution in [0.1, 0.15) is 11.7 Å². The zero-order chi connectivity index (χ0) is 14.3. The second-order valence-electron chi connectivity index (χ2n) is 3.78. The van der Waals surface area contributed by atoms with E-state index in [1.807, 2.05) is 19.0 Å². The van der Waals surface area contributed by atoms with E-state index in [1.165, 1.54) is 12.1 Å². The van der Waals surface area contributed by atoms with Gasteiger partial charge in [-0.1, -0.05) is 6.07 Å². The fourth-order valence-electron chi connectivity index (χ4n) is 1.20. The first kappa shape index (κ1) is 16.8. The van der Waals surface area contributed by atoms with Crippen molar-refractivity contribution in [3.8, 4) is 11.5 Å². The number of nitrogens with zero attached hydrogens (tertiary/aromatic N) is 1. The SMILES string of the molecule is CN(C)C[C@H](O)c1ccc(O)c(O)c1.O=[P+](O)O. The summed E-state index contributed by atoms with van der Waals surface area (Å²) in [4.78, 5) is 16.1. The van der Waals surface area contributed by atoms with Crippen molar-refractivity contribution in [2.45, 2.75) is 6.10 Å². The van der Waals surface area contributed by atoms with Gasteiger partial charge in [-0.3, -0.25) is 0 Å². The lowest BCUT2D eigenvalue weighted by molar-refractivity contribution is 0.138. The molecule has 0 radical (unpaired) electrons. The van der Waals surface area contributed by atoms with Crippen LogP contribution >= 0.6 is 8.25 Å². The van der Waals surface area contributed by atoms with Crippen molar-refractivity contribution >= 4 is 8.25 Å².